The SMILES string of the molecule is CC(C)[C@H]([NH3+])C(=O)N[C@@H](C)C(=O)OCc1ccccc1. The number of rotatable bonds is 6. The molecule has 0 fully saturated rings. The van der Waals surface area contributed by atoms with E-state index in [-0.39, 0.29) is 24.5 Å². The summed E-state index contributed by atoms with van der Waals surface area (Å²) in [5.74, 6) is -0.551. The van der Waals surface area contributed by atoms with Crippen LogP contribution in [0.4, 0.5) is 0 Å². The second kappa shape index (κ2) is 7.65. The lowest BCUT2D eigenvalue weighted by atomic mass is 10.0. The molecule has 5 heteroatoms. The highest BCUT2D eigenvalue weighted by Crippen LogP contribution is 2.02. The predicted octanol–water partition coefficient (Wildman–Crippen LogP) is 0.501. The van der Waals surface area contributed by atoms with Gasteiger partial charge in [-0.3, -0.25) is 4.79 Å². The Bertz CT molecular complexity index is 446. The Balaban J connectivity index is 2.41. The van der Waals surface area contributed by atoms with E-state index in [1.165, 1.54) is 0 Å². The minimum absolute atomic E-state index is 0.127. The van der Waals surface area contributed by atoms with Gasteiger partial charge in [-0.25, -0.2) is 4.79 Å². The number of carbonyl (C=O) groups excluding carboxylic acids is 2. The van der Waals surface area contributed by atoms with Gasteiger partial charge in [0.1, 0.15) is 12.6 Å². The molecule has 1 rings (SSSR count). The first-order chi connectivity index (χ1) is 9.41. The highest BCUT2D eigenvalue weighted by atomic mass is 16.5. The summed E-state index contributed by atoms with van der Waals surface area (Å²) in [5.41, 5.74) is 4.69. The van der Waals surface area contributed by atoms with Crippen LogP contribution in [0.3, 0.4) is 0 Å². The Kier molecular flexibility index (Phi) is 6.18. The Morgan fingerprint density at radius 3 is 2.35 bits per heavy atom. The first-order valence-electron chi connectivity index (χ1n) is 6.75. The smallest absolute Gasteiger partial charge is 0.328 e. The van der Waals surface area contributed by atoms with Gasteiger partial charge in [-0.1, -0.05) is 44.2 Å². The van der Waals surface area contributed by atoms with E-state index in [1.54, 1.807) is 6.92 Å². The summed E-state index contributed by atoms with van der Waals surface area (Å²) >= 11 is 0. The quantitative estimate of drug-likeness (QED) is 0.744. The molecule has 0 radical (unpaired) electrons. The average molecular weight is 279 g/mol. The van der Waals surface area contributed by atoms with E-state index in [4.69, 9.17) is 4.74 Å². The molecule has 1 aromatic carbocycles. The minimum Gasteiger partial charge on any atom is -0.459 e. The molecule has 0 unspecified atom stereocenters. The molecule has 0 saturated heterocycles. The summed E-state index contributed by atoms with van der Waals surface area (Å²) in [6, 6.07) is 8.36. The molecular formula is C15H23N2O3+. The van der Waals surface area contributed by atoms with Crippen molar-refractivity contribution in [2.45, 2.75) is 39.5 Å². The van der Waals surface area contributed by atoms with Gasteiger partial charge in [0.05, 0.1) is 0 Å². The monoisotopic (exact) mass is 279 g/mol. The van der Waals surface area contributed by atoms with E-state index in [1.807, 2.05) is 44.2 Å². The van der Waals surface area contributed by atoms with Gasteiger partial charge in [-0.2, -0.15) is 0 Å². The molecule has 5 nitrogen and oxygen atoms in total. The van der Waals surface area contributed by atoms with Gasteiger partial charge in [0.25, 0.3) is 5.91 Å². The highest BCUT2D eigenvalue weighted by molar-refractivity contribution is 5.86. The average Bonchev–Trinajstić information content (AvgIpc) is 2.44. The van der Waals surface area contributed by atoms with Gasteiger partial charge in [0, 0.05) is 5.92 Å². The lowest BCUT2D eigenvalue weighted by Gasteiger charge is -2.16. The van der Waals surface area contributed by atoms with Crippen molar-refractivity contribution in [1.29, 1.82) is 0 Å². The van der Waals surface area contributed by atoms with Crippen molar-refractivity contribution in [1.82, 2.24) is 5.32 Å². The largest absolute Gasteiger partial charge is 0.459 e. The van der Waals surface area contributed by atoms with E-state index < -0.39 is 12.0 Å². The zero-order valence-electron chi connectivity index (χ0n) is 12.3. The van der Waals surface area contributed by atoms with Gasteiger partial charge in [-0.05, 0) is 12.5 Å². The number of carbonyl (C=O) groups is 2. The molecule has 110 valence electrons. The van der Waals surface area contributed by atoms with Crippen LogP contribution in [0.25, 0.3) is 0 Å². The van der Waals surface area contributed by atoms with Crippen molar-refractivity contribution in [2.24, 2.45) is 5.92 Å². The molecule has 0 aliphatic carbocycles. The normalized spacial score (nSPS) is 13.7. The van der Waals surface area contributed by atoms with Crippen molar-refractivity contribution in [3.63, 3.8) is 0 Å². The van der Waals surface area contributed by atoms with E-state index >= 15 is 0 Å². The lowest BCUT2D eigenvalue weighted by Crippen LogP contribution is -2.70. The molecule has 0 heterocycles. The van der Waals surface area contributed by atoms with Crippen LogP contribution in [0.2, 0.25) is 0 Å². The summed E-state index contributed by atoms with van der Waals surface area (Å²) in [5, 5.41) is 2.62. The van der Waals surface area contributed by atoms with E-state index in [0.717, 1.165) is 5.56 Å². The second-order valence-electron chi connectivity index (χ2n) is 5.17. The van der Waals surface area contributed by atoms with Crippen LogP contribution in [0, 0.1) is 5.92 Å². The van der Waals surface area contributed by atoms with Gasteiger partial charge in [-0.15, -0.1) is 0 Å². The maximum atomic E-state index is 11.8. The molecule has 1 amide bonds. The Morgan fingerprint density at radius 2 is 1.80 bits per heavy atom. The lowest BCUT2D eigenvalue weighted by molar-refractivity contribution is -0.414. The van der Waals surface area contributed by atoms with Crippen LogP contribution < -0.4 is 11.1 Å². The molecule has 0 bridgehead atoms. The molecule has 0 aliphatic heterocycles. The van der Waals surface area contributed by atoms with E-state index in [9.17, 15) is 9.59 Å². The van der Waals surface area contributed by atoms with Crippen molar-refractivity contribution < 1.29 is 20.1 Å². The number of quaternary nitrogens is 1. The molecular weight excluding hydrogens is 256 g/mol. The number of amides is 1. The van der Waals surface area contributed by atoms with Crippen molar-refractivity contribution >= 4 is 11.9 Å². The molecule has 2 atom stereocenters. The Labute approximate surface area is 119 Å². The van der Waals surface area contributed by atoms with Gasteiger partial charge in [0.2, 0.25) is 0 Å². The molecule has 0 spiro atoms. The summed E-state index contributed by atoms with van der Waals surface area (Å²) in [6.45, 7) is 5.64. The second-order valence-corrected chi connectivity index (χ2v) is 5.17. The van der Waals surface area contributed by atoms with Crippen LogP contribution in [-0.2, 0) is 20.9 Å². The minimum atomic E-state index is -0.672. The van der Waals surface area contributed by atoms with Crippen LogP contribution in [0.1, 0.15) is 26.3 Å². The first kappa shape index (κ1) is 16.2. The Morgan fingerprint density at radius 1 is 1.20 bits per heavy atom. The number of ether oxygens (including phenoxy) is 1. The number of hydrogen-bond acceptors (Lipinski definition) is 3. The zero-order chi connectivity index (χ0) is 15.1. The third kappa shape index (κ3) is 5.01. The summed E-state index contributed by atoms with van der Waals surface area (Å²) < 4.78 is 5.16. The molecule has 1 aromatic rings. The highest BCUT2D eigenvalue weighted by Gasteiger charge is 2.25. The number of hydrogen-bond donors (Lipinski definition) is 2. The van der Waals surface area contributed by atoms with Crippen LogP contribution in [-0.4, -0.2) is 24.0 Å². The van der Waals surface area contributed by atoms with Crippen LogP contribution in [0.5, 0.6) is 0 Å². The fourth-order valence-corrected chi connectivity index (χ4v) is 1.54. The maximum Gasteiger partial charge on any atom is 0.328 e. The Hall–Kier alpha value is -1.88. The molecule has 0 aliphatic rings. The number of benzene rings is 1. The maximum absolute atomic E-state index is 11.8. The fourth-order valence-electron chi connectivity index (χ4n) is 1.54. The first-order valence-corrected chi connectivity index (χ1v) is 6.75. The molecule has 0 aromatic heterocycles. The molecule has 4 N–H and O–H groups in total. The predicted molar refractivity (Wildman–Crippen MR) is 75.4 cm³/mol. The third-order valence-corrected chi connectivity index (χ3v) is 3.08. The van der Waals surface area contributed by atoms with Gasteiger partial charge < -0.3 is 15.8 Å². The van der Waals surface area contributed by atoms with Crippen molar-refractivity contribution in [2.75, 3.05) is 0 Å². The summed E-state index contributed by atoms with van der Waals surface area (Å²) in [7, 11) is 0. The zero-order valence-corrected chi connectivity index (χ0v) is 12.3. The number of nitrogens with one attached hydrogen (secondary N) is 1. The molecule has 0 saturated carbocycles. The molecule has 20 heavy (non-hydrogen) atoms. The van der Waals surface area contributed by atoms with Crippen molar-refractivity contribution in [3.05, 3.63) is 35.9 Å². The van der Waals surface area contributed by atoms with Gasteiger partial charge >= 0.3 is 5.97 Å². The number of esters is 1. The van der Waals surface area contributed by atoms with Crippen LogP contribution in [0.15, 0.2) is 30.3 Å². The third-order valence-electron chi connectivity index (χ3n) is 3.08. The van der Waals surface area contributed by atoms with E-state index in [0.29, 0.717) is 0 Å². The standard InChI is InChI=1S/C15H22N2O3/c1-10(2)13(16)14(18)17-11(3)15(19)20-9-12-7-5-4-6-8-12/h4-8,10-11,13H,9,16H2,1-3H3,(H,17,18)/p+1/t11-,13-/m0/s1. The topological polar surface area (TPSA) is 83.0 Å². The summed E-state index contributed by atoms with van der Waals surface area (Å²) in [4.78, 5) is 23.6. The van der Waals surface area contributed by atoms with Crippen molar-refractivity contribution in [3.8, 4) is 0 Å². The van der Waals surface area contributed by atoms with Crippen LogP contribution >= 0.6 is 0 Å². The fraction of sp³-hybridized carbons (Fsp3) is 0.467. The van der Waals surface area contributed by atoms with E-state index in [2.05, 4.69) is 11.1 Å². The summed E-state index contributed by atoms with van der Waals surface area (Å²) in [6.07, 6.45) is 0. The van der Waals surface area contributed by atoms with Gasteiger partial charge in [0.15, 0.2) is 6.04 Å².